The highest BCUT2D eigenvalue weighted by Gasteiger charge is 2.41. The summed E-state index contributed by atoms with van der Waals surface area (Å²) in [6, 6.07) is 15.0. The van der Waals surface area contributed by atoms with Gasteiger partial charge in [-0.1, -0.05) is 43.3 Å². The highest BCUT2D eigenvalue weighted by Crippen LogP contribution is 2.45. The summed E-state index contributed by atoms with van der Waals surface area (Å²) >= 11 is 0. The van der Waals surface area contributed by atoms with Gasteiger partial charge >= 0.3 is 0 Å². The topological polar surface area (TPSA) is 21.3 Å². The Morgan fingerprint density at radius 3 is 2.62 bits per heavy atom. The van der Waals surface area contributed by atoms with Crippen LogP contribution in [0.5, 0.6) is 5.75 Å². The molecule has 0 amide bonds. The normalized spacial score (nSPS) is 19.0. The van der Waals surface area contributed by atoms with E-state index in [0.717, 1.165) is 12.2 Å². The summed E-state index contributed by atoms with van der Waals surface area (Å²) in [5.41, 5.74) is 4.88. The molecule has 1 heterocycles. The third-order valence-electron chi connectivity index (χ3n) is 4.33. The second-order valence-corrected chi connectivity index (χ2v) is 6.28. The molecule has 1 aliphatic heterocycles. The zero-order valence-electron chi connectivity index (χ0n) is 13.2. The molecule has 1 unspecified atom stereocenters. The van der Waals surface area contributed by atoms with E-state index in [0.29, 0.717) is 0 Å². The zero-order valence-corrected chi connectivity index (χ0v) is 13.2. The van der Waals surface area contributed by atoms with E-state index in [1.807, 2.05) is 6.07 Å². The highest BCUT2D eigenvalue weighted by molar-refractivity contribution is 5.60. The zero-order chi connectivity index (χ0) is 15.0. The summed E-state index contributed by atoms with van der Waals surface area (Å²) in [5.74, 6) is 0.992. The maximum atomic E-state index is 6.13. The Hall–Kier alpha value is -1.96. The van der Waals surface area contributed by atoms with E-state index in [-0.39, 0.29) is 11.6 Å². The molecule has 0 aromatic heterocycles. The van der Waals surface area contributed by atoms with Gasteiger partial charge in [0.2, 0.25) is 0 Å². The average molecular weight is 281 g/mol. The molecule has 21 heavy (non-hydrogen) atoms. The average Bonchev–Trinajstić information content (AvgIpc) is 2.71. The molecule has 2 aromatic rings. The second-order valence-electron chi connectivity index (χ2n) is 6.28. The number of ether oxygens (including phenoxy) is 1. The monoisotopic (exact) mass is 281 g/mol. The molecule has 1 N–H and O–H groups in total. The molecule has 0 fully saturated rings. The van der Waals surface area contributed by atoms with Gasteiger partial charge in [0, 0.05) is 11.3 Å². The van der Waals surface area contributed by atoms with Crippen LogP contribution in [0.25, 0.3) is 0 Å². The van der Waals surface area contributed by atoms with Crippen LogP contribution in [-0.4, -0.2) is 5.60 Å². The molecule has 110 valence electrons. The molecule has 0 bridgehead atoms. The smallest absolute Gasteiger partial charge is 0.128 e. The summed E-state index contributed by atoms with van der Waals surface area (Å²) in [7, 11) is 0. The van der Waals surface area contributed by atoms with E-state index < -0.39 is 0 Å². The van der Waals surface area contributed by atoms with Crippen LogP contribution in [0.2, 0.25) is 0 Å². The molecule has 1 atom stereocenters. The number of aryl methyl sites for hydroxylation is 2. The third kappa shape index (κ3) is 2.39. The second kappa shape index (κ2) is 5.10. The Bertz CT molecular complexity index is 660. The number of anilines is 1. The third-order valence-corrected chi connectivity index (χ3v) is 4.33. The maximum Gasteiger partial charge on any atom is 0.128 e. The largest absolute Gasteiger partial charge is 0.485 e. The Kier molecular flexibility index (Phi) is 3.40. The van der Waals surface area contributed by atoms with Gasteiger partial charge in [0.1, 0.15) is 11.4 Å². The van der Waals surface area contributed by atoms with Crippen molar-refractivity contribution in [1.82, 2.24) is 0 Å². The number of benzene rings is 2. The Labute approximate surface area is 127 Å². The van der Waals surface area contributed by atoms with Gasteiger partial charge in [0.25, 0.3) is 0 Å². The van der Waals surface area contributed by atoms with Crippen LogP contribution in [0, 0.1) is 6.92 Å². The van der Waals surface area contributed by atoms with Crippen molar-refractivity contribution in [2.75, 3.05) is 5.32 Å². The molecule has 3 rings (SSSR count). The van der Waals surface area contributed by atoms with Gasteiger partial charge in [-0.25, -0.2) is 0 Å². The van der Waals surface area contributed by atoms with Crippen LogP contribution in [0.15, 0.2) is 42.5 Å². The van der Waals surface area contributed by atoms with Gasteiger partial charge in [0.15, 0.2) is 0 Å². The number of para-hydroxylation sites is 2. The summed E-state index contributed by atoms with van der Waals surface area (Å²) in [6.45, 7) is 8.66. The lowest BCUT2D eigenvalue weighted by Gasteiger charge is -2.29. The van der Waals surface area contributed by atoms with Crippen LogP contribution in [0.1, 0.15) is 43.5 Å². The van der Waals surface area contributed by atoms with Gasteiger partial charge < -0.3 is 10.1 Å². The first-order chi connectivity index (χ1) is 10.0. The number of fused-ring (bicyclic) bond motifs is 1. The molecule has 2 aromatic carbocycles. The Morgan fingerprint density at radius 2 is 1.86 bits per heavy atom. The van der Waals surface area contributed by atoms with Crippen molar-refractivity contribution in [3.63, 3.8) is 0 Å². The molecular weight excluding hydrogens is 258 g/mol. The van der Waals surface area contributed by atoms with Crippen molar-refractivity contribution in [2.24, 2.45) is 0 Å². The van der Waals surface area contributed by atoms with Gasteiger partial charge in [-0.3, -0.25) is 0 Å². The first kappa shape index (κ1) is 14.0. The van der Waals surface area contributed by atoms with E-state index >= 15 is 0 Å². The van der Waals surface area contributed by atoms with Crippen LogP contribution >= 0.6 is 0 Å². The van der Waals surface area contributed by atoms with Gasteiger partial charge in [-0.15, -0.1) is 0 Å². The van der Waals surface area contributed by atoms with Crippen LogP contribution in [0.3, 0.4) is 0 Å². The lowest BCUT2D eigenvalue weighted by Crippen LogP contribution is -2.35. The van der Waals surface area contributed by atoms with Crippen molar-refractivity contribution in [3.05, 3.63) is 59.2 Å². The number of nitrogens with one attached hydrogen (secondary N) is 1. The maximum absolute atomic E-state index is 6.13. The van der Waals surface area contributed by atoms with Crippen LogP contribution < -0.4 is 10.1 Å². The predicted octanol–water partition coefficient (Wildman–Crippen LogP) is 4.88. The van der Waals surface area contributed by atoms with Crippen molar-refractivity contribution < 1.29 is 4.74 Å². The fraction of sp³-hybridized carbons (Fsp3) is 0.368. The molecule has 0 saturated carbocycles. The number of rotatable bonds is 3. The van der Waals surface area contributed by atoms with E-state index in [1.54, 1.807) is 0 Å². The first-order valence-electron chi connectivity index (χ1n) is 7.66. The van der Waals surface area contributed by atoms with Crippen molar-refractivity contribution in [1.29, 1.82) is 0 Å². The minimum atomic E-state index is -0.253. The SMILES string of the molecule is CCc1cccc(C)c1NC1c2ccccc2OC1(C)C. The minimum Gasteiger partial charge on any atom is -0.485 e. The lowest BCUT2D eigenvalue weighted by molar-refractivity contribution is 0.118. The quantitative estimate of drug-likeness (QED) is 0.865. The van der Waals surface area contributed by atoms with E-state index in [9.17, 15) is 0 Å². The lowest BCUT2D eigenvalue weighted by atomic mass is 9.93. The van der Waals surface area contributed by atoms with Crippen LogP contribution in [-0.2, 0) is 6.42 Å². The molecule has 0 radical (unpaired) electrons. The summed E-state index contributed by atoms with van der Waals surface area (Å²) in [5, 5.41) is 3.75. The molecule has 0 spiro atoms. The molecule has 0 aliphatic carbocycles. The van der Waals surface area contributed by atoms with Gasteiger partial charge in [-0.05, 0) is 44.4 Å². The van der Waals surface area contributed by atoms with E-state index in [2.05, 4.69) is 69.4 Å². The molecule has 1 aliphatic rings. The minimum absolute atomic E-state index is 0.167. The summed E-state index contributed by atoms with van der Waals surface area (Å²) in [6.07, 6.45) is 1.03. The summed E-state index contributed by atoms with van der Waals surface area (Å²) < 4.78 is 6.13. The molecule has 2 nitrogen and oxygen atoms in total. The predicted molar refractivity (Wildman–Crippen MR) is 88.1 cm³/mol. The standard InChI is InChI=1S/C19H23NO/c1-5-14-10-8-9-13(2)17(14)20-18-15-11-6-7-12-16(15)21-19(18,3)4/h6-12,18,20H,5H2,1-4H3. The van der Waals surface area contributed by atoms with Crippen molar-refractivity contribution >= 4 is 5.69 Å². The fourth-order valence-electron chi connectivity index (χ4n) is 3.15. The number of hydrogen-bond acceptors (Lipinski definition) is 2. The number of hydrogen-bond donors (Lipinski definition) is 1. The highest BCUT2D eigenvalue weighted by atomic mass is 16.5. The Balaban J connectivity index is 2.02. The molecular formula is C19H23NO. The van der Waals surface area contributed by atoms with Crippen molar-refractivity contribution in [2.45, 2.75) is 45.8 Å². The van der Waals surface area contributed by atoms with E-state index in [1.165, 1.54) is 22.4 Å². The van der Waals surface area contributed by atoms with E-state index in [4.69, 9.17) is 4.74 Å². The Morgan fingerprint density at radius 1 is 1.10 bits per heavy atom. The van der Waals surface area contributed by atoms with Gasteiger partial charge in [0.05, 0.1) is 6.04 Å². The summed E-state index contributed by atoms with van der Waals surface area (Å²) in [4.78, 5) is 0. The first-order valence-corrected chi connectivity index (χ1v) is 7.66. The molecule has 0 saturated heterocycles. The molecule has 2 heteroatoms. The van der Waals surface area contributed by atoms with Crippen molar-refractivity contribution in [3.8, 4) is 5.75 Å². The fourth-order valence-corrected chi connectivity index (χ4v) is 3.15. The van der Waals surface area contributed by atoms with Gasteiger partial charge in [-0.2, -0.15) is 0 Å². The van der Waals surface area contributed by atoms with Crippen LogP contribution in [0.4, 0.5) is 5.69 Å².